The molecular weight excluding hydrogens is 406 g/mol. The summed E-state index contributed by atoms with van der Waals surface area (Å²) in [5.74, 6) is 0.332. The Morgan fingerprint density at radius 1 is 1.04 bits per heavy atom. The van der Waals surface area contributed by atoms with Crippen LogP contribution in [0.4, 0.5) is 0 Å². The number of likely N-dealkylation sites (tertiary alicyclic amines) is 1. The third-order valence-corrected chi connectivity index (χ3v) is 8.43. The molecule has 0 unspecified atom stereocenters. The first-order valence-corrected chi connectivity index (χ1v) is 12.0. The Hall–Kier alpha value is -1.57. The van der Waals surface area contributed by atoms with Crippen LogP contribution in [-0.2, 0) is 13.0 Å². The van der Waals surface area contributed by atoms with E-state index in [0.717, 1.165) is 47.3 Å². The molecule has 4 rings (SSSR count). The minimum absolute atomic E-state index is 0.185. The van der Waals surface area contributed by atoms with Crippen LogP contribution < -0.4 is 0 Å². The molecule has 1 aliphatic heterocycles. The second-order valence-corrected chi connectivity index (χ2v) is 10.1. The van der Waals surface area contributed by atoms with Crippen LogP contribution in [0.5, 0.6) is 5.75 Å². The summed E-state index contributed by atoms with van der Waals surface area (Å²) in [6.07, 6.45) is 2.24. The number of benzene rings is 2. The van der Waals surface area contributed by atoms with Crippen molar-refractivity contribution in [1.82, 2.24) is 4.90 Å². The van der Waals surface area contributed by atoms with Gasteiger partial charge in [-0.05, 0) is 42.2 Å². The number of piperidine rings is 1. The van der Waals surface area contributed by atoms with E-state index in [0.29, 0.717) is 12.3 Å². The van der Waals surface area contributed by atoms with Crippen molar-refractivity contribution in [3.05, 3.63) is 69.0 Å². The molecule has 0 radical (unpaired) electrons. The number of hydrogen-bond acceptors (Lipinski definition) is 6. The van der Waals surface area contributed by atoms with Gasteiger partial charge < -0.3 is 10.2 Å². The zero-order valence-corrected chi connectivity index (χ0v) is 18.0. The molecule has 3 aromatic rings. The summed E-state index contributed by atoms with van der Waals surface area (Å²) in [5, 5.41) is 20.1. The first kappa shape index (κ1) is 19.7. The number of nitrogens with zero attached hydrogens (tertiary/aromatic N) is 1. The van der Waals surface area contributed by atoms with Gasteiger partial charge in [0.05, 0.1) is 11.0 Å². The molecule has 1 fully saturated rings. The summed E-state index contributed by atoms with van der Waals surface area (Å²) in [5.41, 5.74) is 4.51. The number of phenols is 1. The highest BCUT2D eigenvalue weighted by molar-refractivity contribution is 7.80. The minimum atomic E-state index is -0.185. The predicted octanol–water partition coefficient (Wildman–Crippen LogP) is 5.46. The van der Waals surface area contributed by atoms with E-state index in [1.807, 2.05) is 12.1 Å². The van der Waals surface area contributed by atoms with Crippen LogP contribution in [0.15, 0.2) is 48.5 Å². The van der Waals surface area contributed by atoms with Crippen molar-refractivity contribution < 1.29 is 10.2 Å². The Balaban J connectivity index is 1.61. The number of hydrogen-bond donors (Lipinski definition) is 2. The Kier molecular flexibility index (Phi) is 6.23. The molecule has 0 spiro atoms. The van der Waals surface area contributed by atoms with E-state index in [9.17, 15) is 10.2 Å². The number of aliphatic hydroxyl groups excluding tert-OH is 1. The van der Waals surface area contributed by atoms with E-state index in [-0.39, 0.29) is 6.10 Å². The Bertz CT molecular complexity index is 989. The van der Waals surface area contributed by atoms with Crippen LogP contribution in [0, 0.1) is 3.82 Å². The SMILES string of the molecule is Oc1ccc(-c2ssc(=S)c2Cc2ccccc2)cc1CN1CCC(O)CC1. The number of rotatable bonds is 5. The average molecular weight is 430 g/mol. The van der Waals surface area contributed by atoms with Crippen molar-refractivity contribution >= 4 is 32.9 Å². The molecule has 0 saturated carbocycles. The Labute approximate surface area is 177 Å². The van der Waals surface area contributed by atoms with Crippen molar-refractivity contribution in [3.63, 3.8) is 0 Å². The zero-order valence-electron chi connectivity index (χ0n) is 15.5. The summed E-state index contributed by atoms with van der Waals surface area (Å²) < 4.78 is 0.948. The van der Waals surface area contributed by atoms with Gasteiger partial charge in [-0.25, -0.2) is 0 Å². The number of aromatic hydroxyl groups is 1. The topological polar surface area (TPSA) is 43.7 Å². The molecule has 3 nitrogen and oxygen atoms in total. The van der Waals surface area contributed by atoms with E-state index >= 15 is 0 Å². The van der Waals surface area contributed by atoms with Crippen molar-refractivity contribution in [2.75, 3.05) is 13.1 Å². The lowest BCUT2D eigenvalue weighted by atomic mass is 10.0. The molecule has 1 saturated heterocycles. The van der Waals surface area contributed by atoms with Crippen LogP contribution in [0.1, 0.15) is 29.5 Å². The molecule has 2 aromatic carbocycles. The van der Waals surface area contributed by atoms with Gasteiger partial charge in [-0.2, -0.15) is 0 Å². The maximum Gasteiger partial charge on any atom is 0.120 e. The number of aliphatic hydroxyl groups is 1. The normalized spacial score (nSPS) is 15.8. The van der Waals surface area contributed by atoms with Crippen LogP contribution in [0.3, 0.4) is 0 Å². The predicted molar refractivity (Wildman–Crippen MR) is 120 cm³/mol. The van der Waals surface area contributed by atoms with Crippen LogP contribution in [-0.4, -0.2) is 34.3 Å². The smallest absolute Gasteiger partial charge is 0.120 e. The summed E-state index contributed by atoms with van der Waals surface area (Å²) in [4.78, 5) is 3.50. The number of phenolic OH excluding ortho intramolecular Hbond substituents is 1. The average Bonchev–Trinajstić information content (AvgIpc) is 3.06. The highest BCUT2D eigenvalue weighted by Crippen LogP contribution is 2.38. The van der Waals surface area contributed by atoms with Gasteiger partial charge >= 0.3 is 0 Å². The van der Waals surface area contributed by atoms with E-state index in [2.05, 4.69) is 35.2 Å². The lowest BCUT2D eigenvalue weighted by Crippen LogP contribution is -2.35. The summed E-state index contributed by atoms with van der Waals surface area (Å²) in [7, 11) is 3.37. The highest BCUT2D eigenvalue weighted by atomic mass is 32.9. The fourth-order valence-electron chi connectivity index (χ4n) is 3.62. The first-order valence-electron chi connectivity index (χ1n) is 9.49. The van der Waals surface area contributed by atoms with Crippen LogP contribution in [0.25, 0.3) is 10.4 Å². The van der Waals surface area contributed by atoms with E-state index < -0.39 is 0 Å². The zero-order chi connectivity index (χ0) is 19.5. The molecule has 1 aliphatic rings. The molecule has 2 heterocycles. The quantitative estimate of drug-likeness (QED) is 0.418. The lowest BCUT2D eigenvalue weighted by molar-refractivity contribution is 0.0789. The largest absolute Gasteiger partial charge is 0.508 e. The molecule has 0 bridgehead atoms. The van der Waals surface area contributed by atoms with Crippen molar-refractivity contribution in [3.8, 4) is 16.2 Å². The van der Waals surface area contributed by atoms with Gasteiger partial charge in [-0.15, -0.1) is 0 Å². The molecule has 0 aliphatic carbocycles. The molecule has 1 aromatic heterocycles. The van der Waals surface area contributed by atoms with Gasteiger partial charge in [0.2, 0.25) is 0 Å². The Morgan fingerprint density at radius 2 is 1.79 bits per heavy atom. The molecular formula is C22H23NO2S3. The molecule has 6 heteroatoms. The third-order valence-electron chi connectivity index (χ3n) is 5.24. The minimum Gasteiger partial charge on any atom is -0.508 e. The fourth-order valence-corrected chi connectivity index (χ4v) is 6.53. The van der Waals surface area contributed by atoms with E-state index in [1.54, 1.807) is 26.7 Å². The van der Waals surface area contributed by atoms with Gasteiger partial charge in [-0.1, -0.05) is 63.2 Å². The second kappa shape index (κ2) is 8.84. The molecule has 28 heavy (non-hydrogen) atoms. The van der Waals surface area contributed by atoms with Crippen molar-refractivity contribution in [1.29, 1.82) is 0 Å². The fraction of sp³-hybridized carbons (Fsp3) is 0.318. The highest BCUT2D eigenvalue weighted by Gasteiger charge is 2.19. The third kappa shape index (κ3) is 4.53. The summed E-state index contributed by atoms with van der Waals surface area (Å²) >= 11 is 5.62. The van der Waals surface area contributed by atoms with Crippen LogP contribution >= 0.6 is 32.9 Å². The van der Waals surface area contributed by atoms with Gasteiger partial charge in [-0.3, -0.25) is 4.90 Å². The van der Waals surface area contributed by atoms with Gasteiger partial charge in [0.15, 0.2) is 0 Å². The molecule has 0 atom stereocenters. The molecule has 146 valence electrons. The maximum absolute atomic E-state index is 10.4. The standard InChI is InChI=1S/C22H23NO2S3/c24-18-8-10-23(11-9-18)14-17-13-16(6-7-20(17)25)21-19(22(26)28-27-21)12-15-4-2-1-3-5-15/h1-7,13,18,24-25H,8-12,14H2. The second-order valence-electron chi connectivity index (χ2n) is 7.27. The van der Waals surface area contributed by atoms with Crippen molar-refractivity contribution in [2.45, 2.75) is 31.9 Å². The van der Waals surface area contributed by atoms with Gasteiger partial charge in [0, 0.05) is 37.2 Å². The summed E-state index contributed by atoms with van der Waals surface area (Å²) in [6.45, 7) is 2.43. The van der Waals surface area contributed by atoms with Crippen LogP contribution in [0.2, 0.25) is 0 Å². The molecule has 2 N–H and O–H groups in total. The maximum atomic E-state index is 10.4. The molecule has 0 amide bonds. The van der Waals surface area contributed by atoms with Crippen molar-refractivity contribution in [2.24, 2.45) is 0 Å². The van der Waals surface area contributed by atoms with Gasteiger partial charge in [0.25, 0.3) is 0 Å². The monoisotopic (exact) mass is 429 g/mol. The Morgan fingerprint density at radius 3 is 2.54 bits per heavy atom. The van der Waals surface area contributed by atoms with E-state index in [1.165, 1.54) is 16.0 Å². The van der Waals surface area contributed by atoms with E-state index in [4.69, 9.17) is 12.2 Å². The first-order chi connectivity index (χ1) is 13.6. The lowest BCUT2D eigenvalue weighted by Gasteiger charge is -2.29. The van der Waals surface area contributed by atoms with Gasteiger partial charge in [0.1, 0.15) is 9.57 Å². The summed E-state index contributed by atoms with van der Waals surface area (Å²) in [6, 6.07) is 16.3.